The number of hydrogen-bond acceptors (Lipinski definition) is 9. The highest BCUT2D eigenvalue weighted by molar-refractivity contribution is 6.02. The number of morpholine rings is 1. The second-order valence-electron chi connectivity index (χ2n) is 13.0. The SMILES string of the molecule is COc1ncnc(NC23CCC2C(N2CCOCC2)C3)c1C(=O)N[C@@H]1[C@H]2CC[C@H](C2)[C@@H]1C(=O)Nc1ccc(F)c(OC(F)(F)F)c1. The monoisotopic (exact) mass is 648 g/mol. The summed E-state index contributed by atoms with van der Waals surface area (Å²) in [6.45, 7) is 3.29. The smallest absolute Gasteiger partial charge is 0.480 e. The third-order valence-corrected chi connectivity index (χ3v) is 10.7. The summed E-state index contributed by atoms with van der Waals surface area (Å²) in [5.41, 5.74) is -0.0571. The third-order valence-electron chi connectivity index (χ3n) is 10.7. The van der Waals surface area contributed by atoms with Crippen molar-refractivity contribution in [2.24, 2.45) is 23.7 Å². The second kappa shape index (κ2) is 11.8. The molecule has 1 aliphatic heterocycles. The van der Waals surface area contributed by atoms with Gasteiger partial charge in [-0.25, -0.2) is 14.4 Å². The topological polar surface area (TPSA) is 127 Å². The molecule has 5 aliphatic rings. The van der Waals surface area contributed by atoms with Crippen molar-refractivity contribution < 1.29 is 41.4 Å². The molecule has 4 saturated carbocycles. The fourth-order valence-electron chi connectivity index (χ4n) is 8.50. The first kappa shape index (κ1) is 30.9. The molecule has 0 spiro atoms. The first-order valence-corrected chi connectivity index (χ1v) is 15.7. The number of amides is 2. The molecule has 248 valence electrons. The molecule has 0 radical (unpaired) electrons. The highest BCUT2D eigenvalue weighted by Crippen LogP contribution is 2.57. The number of methoxy groups -OCH3 is 1. The molecule has 3 unspecified atom stereocenters. The lowest BCUT2D eigenvalue weighted by atomic mass is 9.50. The lowest BCUT2D eigenvalue weighted by molar-refractivity contribution is -0.275. The van der Waals surface area contributed by atoms with Crippen LogP contribution < -0.4 is 25.4 Å². The van der Waals surface area contributed by atoms with E-state index in [1.807, 2.05) is 0 Å². The standard InChI is InChI=1S/C31H36F4N6O5/c1-44-29-24(26(36-15-37-29)40-30-7-6-19(30)21(14-30)41-8-10-45-11-9-41)28(43)39-25-17-3-2-16(12-17)23(25)27(42)38-18-4-5-20(32)22(13-18)46-31(33,34)35/h4-5,13,15-17,19,21,23,25H,2-3,6-12,14H2,1H3,(H,38,42)(H,39,43)(H,36,37,40)/t16-,17+,19?,21?,23+,25-,30?/m1/s1. The Morgan fingerprint density at radius 2 is 1.89 bits per heavy atom. The number of rotatable bonds is 9. The number of benzene rings is 1. The number of anilines is 2. The molecule has 1 saturated heterocycles. The van der Waals surface area contributed by atoms with E-state index in [0.29, 0.717) is 17.8 Å². The Bertz CT molecular complexity index is 1510. The minimum atomic E-state index is -5.10. The lowest BCUT2D eigenvalue weighted by Gasteiger charge is -2.66. The van der Waals surface area contributed by atoms with E-state index in [2.05, 4.69) is 35.6 Å². The third kappa shape index (κ3) is 5.61. The van der Waals surface area contributed by atoms with Crippen LogP contribution in [-0.2, 0) is 9.53 Å². The molecule has 2 aromatic rings. The Balaban J connectivity index is 1.07. The molecule has 7 atom stereocenters. The Hall–Kier alpha value is -3.72. The van der Waals surface area contributed by atoms with Crippen molar-refractivity contribution in [3.05, 3.63) is 35.9 Å². The number of fused-ring (bicyclic) bond motifs is 3. The highest BCUT2D eigenvalue weighted by Gasteiger charge is 2.62. The van der Waals surface area contributed by atoms with Gasteiger partial charge in [-0.15, -0.1) is 13.2 Å². The fourth-order valence-corrected chi connectivity index (χ4v) is 8.50. The van der Waals surface area contributed by atoms with Crippen LogP contribution in [0.1, 0.15) is 48.9 Å². The average molecular weight is 649 g/mol. The van der Waals surface area contributed by atoms with E-state index in [4.69, 9.17) is 9.47 Å². The van der Waals surface area contributed by atoms with Crippen molar-refractivity contribution in [3.63, 3.8) is 0 Å². The van der Waals surface area contributed by atoms with E-state index in [1.54, 1.807) is 0 Å². The Morgan fingerprint density at radius 1 is 1.11 bits per heavy atom. The van der Waals surface area contributed by atoms with E-state index in [-0.39, 0.29) is 34.5 Å². The average Bonchev–Trinajstić information content (AvgIpc) is 3.63. The zero-order valence-corrected chi connectivity index (χ0v) is 25.2. The van der Waals surface area contributed by atoms with Crippen LogP contribution in [0, 0.1) is 29.5 Å². The molecule has 3 N–H and O–H groups in total. The summed E-state index contributed by atoms with van der Waals surface area (Å²) < 4.78 is 67.0. The van der Waals surface area contributed by atoms with Crippen LogP contribution >= 0.6 is 0 Å². The van der Waals surface area contributed by atoms with Gasteiger partial charge in [-0.3, -0.25) is 14.5 Å². The molecule has 7 rings (SSSR count). The van der Waals surface area contributed by atoms with Crippen molar-refractivity contribution >= 4 is 23.3 Å². The number of alkyl halides is 3. The summed E-state index contributed by atoms with van der Waals surface area (Å²) in [5.74, 6) is -2.95. The van der Waals surface area contributed by atoms with E-state index in [0.717, 1.165) is 77.0 Å². The summed E-state index contributed by atoms with van der Waals surface area (Å²) in [5, 5.41) is 9.26. The van der Waals surface area contributed by atoms with Crippen LogP contribution in [0.4, 0.5) is 29.1 Å². The van der Waals surface area contributed by atoms with Gasteiger partial charge >= 0.3 is 6.36 Å². The zero-order chi connectivity index (χ0) is 32.2. The van der Waals surface area contributed by atoms with Gasteiger partial charge in [-0.1, -0.05) is 0 Å². The van der Waals surface area contributed by atoms with Crippen molar-refractivity contribution in [1.82, 2.24) is 20.2 Å². The van der Waals surface area contributed by atoms with Crippen LogP contribution in [0.25, 0.3) is 0 Å². The molecule has 5 fully saturated rings. The summed E-state index contributed by atoms with van der Waals surface area (Å²) in [4.78, 5) is 38.7. The molecule has 11 nitrogen and oxygen atoms in total. The molecule has 1 aromatic carbocycles. The predicted octanol–water partition coefficient (Wildman–Crippen LogP) is 3.97. The summed E-state index contributed by atoms with van der Waals surface area (Å²) in [6.07, 6.45) is 1.54. The van der Waals surface area contributed by atoms with Crippen LogP contribution in [0.3, 0.4) is 0 Å². The van der Waals surface area contributed by atoms with Crippen LogP contribution in [0.5, 0.6) is 11.6 Å². The van der Waals surface area contributed by atoms with Gasteiger partial charge < -0.3 is 30.2 Å². The van der Waals surface area contributed by atoms with Crippen molar-refractivity contribution in [1.29, 1.82) is 0 Å². The quantitative estimate of drug-likeness (QED) is 0.347. The normalized spacial score (nSPS) is 31.7. The van der Waals surface area contributed by atoms with Crippen molar-refractivity contribution in [2.75, 3.05) is 44.0 Å². The van der Waals surface area contributed by atoms with E-state index in [9.17, 15) is 27.2 Å². The molecular formula is C31H36F4N6O5. The first-order valence-electron chi connectivity index (χ1n) is 15.7. The predicted molar refractivity (Wildman–Crippen MR) is 156 cm³/mol. The van der Waals surface area contributed by atoms with Gasteiger partial charge in [-0.2, -0.15) is 0 Å². The molecule has 1 aromatic heterocycles. The van der Waals surface area contributed by atoms with Gasteiger partial charge in [0.1, 0.15) is 17.7 Å². The maximum atomic E-state index is 14.0. The van der Waals surface area contributed by atoms with Gasteiger partial charge in [0.2, 0.25) is 11.8 Å². The molecule has 15 heteroatoms. The number of ether oxygens (including phenoxy) is 3. The number of carbonyl (C=O) groups is 2. The Morgan fingerprint density at radius 3 is 2.59 bits per heavy atom. The number of carbonyl (C=O) groups excluding carboxylic acids is 2. The van der Waals surface area contributed by atoms with Crippen molar-refractivity contribution in [3.8, 4) is 11.6 Å². The molecule has 2 heterocycles. The van der Waals surface area contributed by atoms with Crippen LogP contribution in [0.15, 0.2) is 24.5 Å². The largest absolute Gasteiger partial charge is 0.573 e. The molecule has 4 aliphatic carbocycles. The summed E-state index contributed by atoms with van der Waals surface area (Å²) >= 11 is 0. The van der Waals surface area contributed by atoms with Crippen LogP contribution in [0.2, 0.25) is 0 Å². The summed E-state index contributed by atoms with van der Waals surface area (Å²) in [7, 11) is 1.43. The molecule has 2 amide bonds. The van der Waals surface area contributed by atoms with E-state index >= 15 is 0 Å². The molecule has 46 heavy (non-hydrogen) atoms. The van der Waals surface area contributed by atoms with E-state index < -0.39 is 41.7 Å². The molecular weight excluding hydrogens is 612 g/mol. The fraction of sp³-hybridized carbons (Fsp3) is 0.613. The van der Waals surface area contributed by atoms with Gasteiger partial charge in [0.15, 0.2) is 11.6 Å². The van der Waals surface area contributed by atoms with Gasteiger partial charge in [-0.05, 0) is 68.4 Å². The minimum absolute atomic E-state index is 0.0320. The first-order chi connectivity index (χ1) is 22.0. The minimum Gasteiger partial charge on any atom is -0.480 e. The Kier molecular flexibility index (Phi) is 7.94. The summed E-state index contributed by atoms with van der Waals surface area (Å²) in [6, 6.07) is 2.67. The Labute approximate surface area is 262 Å². The van der Waals surface area contributed by atoms with Gasteiger partial charge in [0, 0.05) is 42.5 Å². The number of nitrogens with one attached hydrogen (secondary N) is 3. The maximum Gasteiger partial charge on any atom is 0.573 e. The maximum absolute atomic E-state index is 14.0. The van der Waals surface area contributed by atoms with E-state index in [1.165, 1.54) is 19.5 Å². The number of aromatic nitrogens is 2. The molecule has 2 bridgehead atoms. The van der Waals surface area contributed by atoms with Crippen LogP contribution in [-0.4, -0.2) is 84.1 Å². The number of halogens is 4. The number of nitrogens with zero attached hydrogens (tertiary/aromatic N) is 3. The van der Waals surface area contributed by atoms with Crippen molar-refractivity contribution in [2.45, 2.75) is 62.5 Å². The van der Waals surface area contributed by atoms with Gasteiger partial charge in [0.25, 0.3) is 5.91 Å². The highest BCUT2D eigenvalue weighted by atomic mass is 19.4. The lowest BCUT2D eigenvalue weighted by Crippen LogP contribution is -2.73. The van der Waals surface area contributed by atoms with Gasteiger partial charge in [0.05, 0.1) is 26.2 Å². The number of hydrogen-bond donors (Lipinski definition) is 3. The second-order valence-corrected chi connectivity index (χ2v) is 13.0. The zero-order valence-electron chi connectivity index (χ0n) is 25.2.